The highest BCUT2D eigenvalue weighted by molar-refractivity contribution is 6.65. The van der Waals surface area contributed by atoms with E-state index in [0.717, 1.165) is 11.8 Å². The van der Waals surface area contributed by atoms with Crippen LogP contribution in [0, 0.1) is 12.8 Å². The van der Waals surface area contributed by atoms with Crippen LogP contribution in [0.3, 0.4) is 0 Å². The normalized spacial score (nSPS) is 13.8. The van der Waals surface area contributed by atoms with Crippen molar-refractivity contribution < 1.29 is 28.4 Å². The zero-order valence-electron chi connectivity index (χ0n) is 15.3. The molecule has 3 rings (SSSR count). The fourth-order valence-corrected chi connectivity index (χ4v) is 3.48. The Hall–Kier alpha value is -3.12. The summed E-state index contributed by atoms with van der Waals surface area (Å²) in [7, 11) is 0. The molecule has 6 nitrogen and oxygen atoms in total. The number of hydrogen-bond acceptors (Lipinski definition) is 6. The van der Waals surface area contributed by atoms with Crippen molar-refractivity contribution >= 4 is 46.1 Å². The fourth-order valence-electron chi connectivity index (χ4n) is 3.19. The van der Waals surface area contributed by atoms with Gasteiger partial charge in [-0.25, -0.2) is 0 Å². The summed E-state index contributed by atoms with van der Waals surface area (Å²) in [5.74, 6) is -5.30. The van der Waals surface area contributed by atoms with Gasteiger partial charge in [0.15, 0.2) is 5.78 Å². The van der Waals surface area contributed by atoms with Gasteiger partial charge in [0.05, 0.1) is 11.1 Å². The molecule has 1 heterocycles. The monoisotopic (exact) mass is 398 g/mol. The minimum Gasteiger partial charge on any atom is -0.463 e. The molecule has 1 aliphatic rings. The molecule has 1 aromatic carbocycles. The van der Waals surface area contributed by atoms with Crippen molar-refractivity contribution in [2.75, 3.05) is 0 Å². The molecule has 142 valence electrons. The van der Waals surface area contributed by atoms with Crippen LogP contribution in [0.1, 0.15) is 51.5 Å². The van der Waals surface area contributed by atoms with E-state index in [9.17, 15) is 24.0 Å². The number of allylic oxidation sites excluding steroid dienone is 2. The van der Waals surface area contributed by atoms with E-state index in [1.54, 1.807) is 24.3 Å². The molecule has 0 unspecified atom stereocenters. The Bertz CT molecular complexity index is 1070. The molecular formula is C21H15ClO6. The van der Waals surface area contributed by atoms with Crippen LogP contribution >= 0.6 is 11.6 Å². The van der Waals surface area contributed by atoms with Gasteiger partial charge >= 0.3 is 0 Å². The van der Waals surface area contributed by atoms with Crippen LogP contribution in [0.25, 0.3) is 5.57 Å². The maximum absolute atomic E-state index is 12.9. The molecule has 2 aromatic rings. The van der Waals surface area contributed by atoms with Crippen molar-refractivity contribution in [3.63, 3.8) is 0 Å². The van der Waals surface area contributed by atoms with Crippen molar-refractivity contribution in [2.45, 2.75) is 20.8 Å². The Labute approximate surface area is 165 Å². The van der Waals surface area contributed by atoms with Gasteiger partial charge in [-0.1, -0.05) is 41.4 Å². The number of rotatable bonds is 5. The summed E-state index contributed by atoms with van der Waals surface area (Å²) in [6.45, 7) is 4.20. The van der Waals surface area contributed by atoms with Gasteiger partial charge < -0.3 is 4.42 Å². The zero-order valence-corrected chi connectivity index (χ0v) is 16.0. The van der Waals surface area contributed by atoms with E-state index in [4.69, 9.17) is 16.0 Å². The van der Waals surface area contributed by atoms with Crippen LogP contribution in [0.5, 0.6) is 0 Å². The van der Waals surface area contributed by atoms with Gasteiger partial charge in [0.1, 0.15) is 34.5 Å². The molecule has 0 saturated carbocycles. The molecule has 0 spiro atoms. The van der Waals surface area contributed by atoms with E-state index in [1.807, 2.05) is 6.92 Å². The lowest BCUT2D eigenvalue weighted by molar-refractivity contribution is -0.127. The summed E-state index contributed by atoms with van der Waals surface area (Å²) in [6.07, 6.45) is 1.05. The number of ketones is 5. The molecular weight excluding hydrogens is 384 g/mol. The Kier molecular flexibility index (Phi) is 5.00. The van der Waals surface area contributed by atoms with Gasteiger partial charge in [-0.15, -0.1) is 0 Å². The van der Waals surface area contributed by atoms with E-state index >= 15 is 0 Å². The van der Waals surface area contributed by atoms with Crippen molar-refractivity contribution in [1.82, 2.24) is 0 Å². The second-order valence-electron chi connectivity index (χ2n) is 6.59. The third kappa shape index (κ3) is 3.05. The van der Waals surface area contributed by atoms with Gasteiger partial charge in [-0.3, -0.25) is 24.0 Å². The molecule has 0 bridgehead atoms. The lowest BCUT2D eigenvalue weighted by Crippen LogP contribution is -2.29. The number of fused-ring (bicyclic) bond motifs is 1. The Morgan fingerprint density at radius 1 is 0.964 bits per heavy atom. The van der Waals surface area contributed by atoms with Gasteiger partial charge in [-0.2, -0.15) is 0 Å². The highest BCUT2D eigenvalue weighted by Crippen LogP contribution is 2.40. The number of aryl methyl sites for hydroxylation is 1. The van der Waals surface area contributed by atoms with Gasteiger partial charge in [0.25, 0.3) is 0 Å². The van der Waals surface area contributed by atoms with Crippen LogP contribution < -0.4 is 0 Å². The second kappa shape index (κ2) is 7.13. The van der Waals surface area contributed by atoms with E-state index in [0.29, 0.717) is 5.56 Å². The van der Waals surface area contributed by atoms with Crippen molar-refractivity contribution in [1.29, 1.82) is 0 Å². The lowest BCUT2D eigenvalue weighted by Gasteiger charge is -2.19. The number of carbonyl (C=O) groups is 5. The molecule has 7 heteroatoms. The molecule has 1 aromatic heterocycles. The van der Waals surface area contributed by atoms with Gasteiger partial charge in [0, 0.05) is 11.1 Å². The third-order valence-electron chi connectivity index (χ3n) is 4.56. The standard InChI is InChI=1S/C21H15ClO6/c1-9-4-6-12(7-5-9)18(25)13-8-28-21-15(13)19(26)20(27)17(22)16(21)14(10(2)23)11(3)24/h4-8,14H,1-3H3. The first-order valence-electron chi connectivity index (χ1n) is 8.38. The predicted molar refractivity (Wildman–Crippen MR) is 100 cm³/mol. The van der Waals surface area contributed by atoms with Crippen molar-refractivity contribution in [3.05, 3.63) is 63.6 Å². The van der Waals surface area contributed by atoms with Crippen LogP contribution in [0.4, 0.5) is 0 Å². The summed E-state index contributed by atoms with van der Waals surface area (Å²) in [5.41, 5.74) is 0.669. The summed E-state index contributed by atoms with van der Waals surface area (Å²) < 4.78 is 5.40. The number of furan rings is 1. The molecule has 0 atom stereocenters. The third-order valence-corrected chi connectivity index (χ3v) is 4.94. The summed E-state index contributed by atoms with van der Waals surface area (Å²) in [4.78, 5) is 61.8. The molecule has 1 aliphatic carbocycles. The molecule has 28 heavy (non-hydrogen) atoms. The maximum atomic E-state index is 12.9. The van der Waals surface area contributed by atoms with Crippen LogP contribution in [-0.2, 0) is 14.4 Å². The zero-order chi connectivity index (χ0) is 20.7. The van der Waals surface area contributed by atoms with Crippen LogP contribution in [0.15, 0.2) is 40.0 Å². The highest BCUT2D eigenvalue weighted by atomic mass is 35.5. The predicted octanol–water partition coefficient (Wildman–Crippen LogP) is 3.33. The van der Waals surface area contributed by atoms with Gasteiger partial charge in [-0.05, 0) is 20.8 Å². The van der Waals surface area contributed by atoms with E-state index in [-0.39, 0.29) is 22.5 Å². The minimum atomic E-state index is -1.36. The first kappa shape index (κ1) is 19.6. The molecule has 0 saturated heterocycles. The Balaban J connectivity index is 2.22. The van der Waals surface area contributed by atoms with E-state index in [2.05, 4.69) is 0 Å². The largest absolute Gasteiger partial charge is 0.463 e. The summed E-state index contributed by atoms with van der Waals surface area (Å²) >= 11 is 6.02. The highest BCUT2D eigenvalue weighted by Gasteiger charge is 2.43. The summed E-state index contributed by atoms with van der Waals surface area (Å²) in [5, 5.41) is -0.545. The van der Waals surface area contributed by atoms with E-state index < -0.39 is 39.9 Å². The van der Waals surface area contributed by atoms with Crippen LogP contribution in [0.2, 0.25) is 0 Å². The number of hydrogen-bond donors (Lipinski definition) is 0. The smallest absolute Gasteiger partial charge is 0.245 e. The quantitative estimate of drug-likeness (QED) is 0.435. The fraction of sp³-hybridized carbons (Fsp3) is 0.190. The Morgan fingerprint density at radius 2 is 1.54 bits per heavy atom. The molecule has 0 aliphatic heterocycles. The first-order chi connectivity index (χ1) is 13.1. The average molecular weight is 399 g/mol. The van der Waals surface area contributed by atoms with Crippen molar-refractivity contribution in [3.8, 4) is 0 Å². The average Bonchev–Trinajstić information content (AvgIpc) is 3.07. The molecule has 0 amide bonds. The lowest BCUT2D eigenvalue weighted by atomic mass is 9.82. The molecule has 0 radical (unpaired) electrons. The number of carbonyl (C=O) groups excluding carboxylic acids is 5. The van der Waals surface area contributed by atoms with E-state index in [1.165, 1.54) is 13.8 Å². The molecule has 0 N–H and O–H groups in total. The number of Topliss-reactive ketones (excluding diaryl/α,β-unsaturated/α-hetero) is 4. The first-order valence-corrected chi connectivity index (χ1v) is 8.75. The van der Waals surface area contributed by atoms with Crippen LogP contribution in [-0.4, -0.2) is 28.9 Å². The maximum Gasteiger partial charge on any atom is 0.245 e. The second-order valence-corrected chi connectivity index (χ2v) is 6.97. The van der Waals surface area contributed by atoms with Gasteiger partial charge in [0.2, 0.25) is 11.6 Å². The SMILES string of the molecule is CC(=O)C(C(C)=O)C1=C(Cl)C(=O)C(=O)c2c(C(=O)c3ccc(C)cc3)coc21. The van der Waals surface area contributed by atoms with Crippen molar-refractivity contribution in [2.24, 2.45) is 5.92 Å². The Morgan fingerprint density at radius 3 is 2.07 bits per heavy atom. The minimum absolute atomic E-state index is 0.121. The topological polar surface area (TPSA) is 98.5 Å². The molecule has 0 fully saturated rings. The number of halogens is 1. The summed E-state index contributed by atoms with van der Waals surface area (Å²) in [6, 6.07) is 6.64. The number of benzene rings is 1.